The van der Waals surface area contributed by atoms with Crippen LogP contribution in [0.1, 0.15) is 12.0 Å². The van der Waals surface area contributed by atoms with Crippen molar-refractivity contribution in [2.45, 2.75) is 11.3 Å². The topological polar surface area (TPSA) is 90.3 Å². The second-order valence-electron chi connectivity index (χ2n) is 4.18. The Morgan fingerprint density at radius 3 is 2.89 bits per heavy atom. The fourth-order valence-electron chi connectivity index (χ4n) is 1.86. The molecular weight excluding hydrogens is 266 g/mol. The number of amides is 1. The fraction of sp³-hybridized carbons (Fsp3) is 0.333. The maximum atomic E-state index is 12.4. The Kier molecular flexibility index (Phi) is 3.83. The van der Waals surface area contributed by atoms with Crippen LogP contribution in [0.4, 0.5) is 0 Å². The van der Waals surface area contributed by atoms with Crippen molar-refractivity contribution >= 4 is 15.9 Å². The van der Waals surface area contributed by atoms with Gasteiger partial charge in [0.2, 0.25) is 15.9 Å². The zero-order chi connectivity index (χ0) is 13.9. The van der Waals surface area contributed by atoms with E-state index < -0.39 is 10.0 Å². The van der Waals surface area contributed by atoms with Crippen molar-refractivity contribution in [2.75, 3.05) is 19.6 Å². The summed E-state index contributed by atoms with van der Waals surface area (Å²) in [6.07, 6.45) is 0.572. The average Bonchev–Trinajstić information content (AvgIpc) is 2.64. The van der Waals surface area contributed by atoms with E-state index in [2.05, 4.69) is 5.32 Å². The highest BCUT2D eigenvalue weighted by Gasteiger charge is 2.27. The molecule has 100 valence electrons. The van der Waals surface area contributed by atoms with E-state index in [9.17, 15) is 13.2 Å². The van der Waals surface area contributed by atoms with E-state index in [0.29, 0.717) is 13.0 Å². The van der Waals surface area contributed by atoms with E-state index in [-0.39, 0.29) is 29.5 Å². The highest BCUT2D eigenvalue weighted by molar-refractivity contribution is 7.89. The normalized spacial score (nSPS) is 17.3. The molecule has 0 saturated carbocycles. The summed E-state index contributed by atoms with van der Waals surface area (Å²) in [5.41, 5.74) is 0.278. The summed E-state index contributed by atoms with van der Waals surface area (Å²) in [4.78, 5) is 11.5. The van der Waals surface area contributed by atoms with Gasteiger partial charge in [-0.3, -0.25) is 4.79 Å². The van der Waals surface area contributed by atoms with Crippen molar-refractivity contribution in [1.82, 2.24) is 9.62 Å². The highest BCUT2D eigenvalue weighted by atomic mass is 32.2. The zero-order valence-corrected chi connectivity index (χ0v) is 11.0. The molecule has 1 saturated heterocycles. The van der Waals surface area contributed by atoms with E-state index >= 15 is 0 Å². The van der Waals surface area contributed by atoms with Crippen LogP contribution in [0, 0.1) is 11.3 Å². The summed E-state index contributed by atoms with van der Waals surface area (Å²) in [6.45, 7) is 0.583. The second-order valence-corrected chi connectivity index (χ2v) is 6.12. The number of hydrogen-bond donors (Lipinski definition) is 1. The minimum Gasteiger partial charge on any atom is -0.355 e. The summed E-state index contributed by atoms with van der Waals surface area (Å²) in [7, 11) is -3.73. The quantitative estimate of drug-likeness (QED) is 0.829. The van der Waals surface area contributed by atoms with Crippen molar-refractivity contribution in [3.8, 4) is 6.07 Å². The second kappa shape index (κ2) is 5.38. The van der Waals surface area contributed by atoms with Crippen molar-refractivity contribution in [3.05, 3.63) is 29.8 Å². The summed E-state index contributed by atoms with van der Waals surface area (Å²) in [5, 5.41) is 11.4. The molecule has 0 unspecified atom stereocenters. The largest absolute Gasteiger partial charge is 0.355 e. The monoisotopic (exact) mass is 279 g/mol. The van der Waals surface area contributed by atoms with Gasteiger partial charge in [-0.2, -0.15) is 9.57 Å². The molecule has 7 heteroatoms. The van der Waals surface area contributed by atoms with Crippen molar-refractivity contribution in [3.63, 3.8) is 0 Å². The first kappa shape index (κ1) is 13.5. The molecule has 1 aliphatic rings. The SMILES string of the molecule is N#Cc1cccc(S(=O)(=O)N2CCCNC(=O)C2)c1. The number of nitrogens with zero attached hydrogens (tertiary/aromatic N) is 2. The third kappa shape index (κ3) is 2.92. The van der Waals surface area contributed by atoms with Gasteiger partial charge >= 0.3 is 0 Å². The van der Waals surface area contributed by atoms with Crippen molar-refractivity contribution in [2.24, 2.45) is 0 Å². The van der Waals surface area contributed by atoms with E-state index in [1.807, 2.05) is 6.07 Å². The Morgan fingerprint density at radius 1 is 1.37 bits per heavy atom. The number of carbonyl (C=O) groups excluding carboxylic acids is 1. The van der Waals surface area contributed by atoms with Crippen LogP contribution in [0.5, 0.6) is 0 Å². The van der Waals surface area contributed by atoms with Crippen LogP contribution >= 0.6 is 0 Å². The number of hydrogen-bond acceptors (Lipinski definition) is 4. The summed E-state index contributed by atoms with van der Waals surface area (Å²) >= 11 is 0. The maximum absolute atomic E-state index is 12.4. The van der Waals surface area contributed by atoms with Gasteiger partial charge in [0.25, 0.3) is 0 Å². The predicted molar refractivity (Wildman–Crippen MR) is 67.5 cm³/mol. The lowest BCUT2D eigenvalue weighted by Gasteiger charge is -2.18. The van der Waals surface area contributed by atoms with Gasteiger partial charge in [-0.15, -0.1) is 0 Å². The predicted octanol–water partition coefficient (Wildman–Crippen LogP) is 0.0689. The fourth-order valence-corrected chi connectivity index (χ4v) is 3.34. The van der Waals surface area contributed by atoms with E-state index in [1.165, 1.54) is 24.3 Å². The minimum atomic E-state index is -3.73. The molecule has 1 fully saturated rings. The van der Waals surface area contributed by atoms with Crippen LogP contribution in [0.15, 0.2) is 29.2 Å². The molecule has 0 bridgehead atoms. The van der Waals surface area contributed by atoms with Crippen molar-refractivity contribution in [1.29, 1.82) is 5.26 Å². The molecule has 0 aromatic heterocycles. The molecule has 6 nitrogen and oxygen atoms in total. The number of nitriles is 1. The van der Waals surface area contributed by atoms with Gasteiger partial charge in [0.15, 0.2) is 0 Å². The molecule has 0 radical (unpaired) electrons. The summed E-state index contributed by atoms with van der Waals surface area (Å²) in [5.74, 6) is -0.308. The number of rotatable bonds is 2. The smallest absolute Gasteiger partial charge is 0.243 e. The van der Waals surface area contributed by atoms with Crippen LogP contribution in [0.3, 0.4) is 0 Å². The number of nitrogens with one attached hydrogen (secondary N) is 1. The molecule has 0 aliphatic carbocycles. The molecule has 1 N–H and O–H groups in total. The Labute approximate surface area is 111 Å². The van der Waals surface area contributed by atoms with Gasteiger partial charge in [-0.25, -0.2) is 8.42 Å². The van der Waals surface area contributed by atoms with Gasteiger partial charge in [-0.05, 0) is 24.6 Å². The number of benzene rings is 1. The highest BCUT2D eigenvalue weighted by Crippen LogP contribution is 2.17. The number of sulfonamides is 1. The van der Waals surface area contributed by atoms with Crippen LogP contribution in [-0.4, -0.2) is 38.3 Å². The summed E-state index contributed by atoms with van der Waals surface area (Å²) in [6, 6.07) is 7.70. The van der Waals surface area contributed by atoms with Gasteiger partial charge in [0, 0.05) is 13.1 Å². The first-order chi connectivity index (χ1) is 9.04. The Morgan fingerprint density at radius 2 is 2.16 bits per heavy atom. The molecule has 0 spiro atoms. The van der Waals surface area contributed by atoms with E-state index in [0.717, 1.165) is 4.31 Å². The molecule has 1 heterocycles. The molecule has 1 aromatic carbocycles. The van der Waals surface area contributed by atoms with E-state index in [1.54, 1.807) is 0 Å². The minimum absolute atomic E-state index is 0.0428. The van der Waals surface area contributed by atoms with Crippen LogP contribution in [0.25, 0.3) is 0 Å². The molecule has 1 aliphatic heterocycles. The van der Waals surface area contributed by atoms with Gasteiger partial charge in [-0.1, -0.05) is 6.07 Å². The van der Waals surface area contributed by atoms with Crippen molar-refractivity contribution < 1.29 is 13.2 Å². The molecule has 0 atom stereocenters. The molecular formula is C12H13N3O3S. The van der Waals surface area contributed by atoms with Gasteiger partial charge in [0.1, 0.15) is 0 Å². The first-order valence-corrected chi connectivity index (χ1v) is 7.25. The maximum Gasteiger partial charge on any atom is 0.243 e. The lowest BCUT2D eigenvalue weighted by Crippen LogP contribution is -2.37. The lowest BCUT2D eigenvalue weighted by atomic mass is 10.2. The molecule has 1 aromatic rings. The van der Waals surface area contributed by atoms with Gasteiger partial charge in [0.05, 0.1) is 23.1 Å². The Hall–Kier alpha value is -1.91. The summed E-state index contributed by atoms with van der Waals surface area (Å²) < 4.78 is 25.9. The van der Waals surface area contributed by atoms with Crippen LogP contribution < -0.4 is 5.32 Å². The third-order valence-electron chi connectivity index (χ3n) is 2.83. The lowest BCUT2D eigenvalue weighted by molar-refractivity contribution is -0.120. The van der Waals surface area contributed by atoms with Gasteiger partial charge < -0.3 is 5.32 Å². The third-order valence-corrected chi connectivity index (χ3v) is 4.67. The number of carbonyl (C=O) groups is 1. The Bertz CT molecular complexity index is 634. The first-order valence-electron chi connectivity index (χ1n) is 5.81. The zero-order valence-electron chi connectivity index (χ0n) is 10.2. The molecule has 19 heavy (non-hydrogen) atoms. The molecule has 2 rings (SSSR count). The van der Waals surface area contributed by atoms with Crippen LogP contribution in [-0.2, 0) is 14.8 Å². The van der Waals surface area contributed by atoms with Crippen LogP contribution in [0.2, 0.25) is 0 Å². The van der Waals surface area contributed by atoms with E-state index in [4.69, 9.17) is 5.26 Å². The standard InChI is InChI=1S/C12H13N3O3S/c13-8-10-3-1-4-11(7-10)19(17,18)15-6-2-5-14-12(16)9-15/h1,3-4,7H,2,5-6,9H2,(H,14,16). The molecule has 1 amide bonds. The Balaban J connectivity index is 2.35. The average molecular weight is 279 g/mol.